The molecule has 3 unspecified atom stereocenters. The third-order valence-electron chi connectivity index (χ3n) is 5.17. The van der Waals surface area contributed by atoms with Crippen molar-refractivity contribution in [3.05, 3.63) is 35.4 Å². The van der Waals surface area contributed by atoms with E-state index >= 15 is 0 Å². The maximum atomic E-state index is 13.4. The minimum atomic E-state index is -0.897. The SMILES string of the molecule is CC1(c2ccc(F)c(F)c2)CC1NC(=O)N1CCCC(C(=O)O)C1. The molecule has 1 aliphatic heterocycles. The Morgan fingerprint density at radius 3 is 2.75 bits per heavy atom. The van der Waals surface area contributed by atoms with Gasteiger partial charge < -0.3 is 15.3 Å². The van der Waals surface area contributed by atoms with Crippen LogP contribution in [0.1, 0.15) is 31.7 Å². The Kier molecular flexibility index (Phi) is 4.19. The highest BCUT2D eigenvalue weighted by Gasteiger charge is 2.52. The first kappa shape index (κ1) is 16.7. The number of carbonyl (C=O) groups excluding carboxylic acids is 1. The molecule has 7 heteroatoms. The Balaban J connectivity index is 1.62. The van der Waals surface area contributed by atoms with Crippen LogP contribution in [-0.4, -0.2) is 41.1 Å². The average Bonchev–Trinajstić information content (AvgIpc) is 3.21. The smallest absolute Gasteiger partial charge is 0.317 e. The molecule has 2 N–H and O–H groups in total. The van der Waals surface area contributed by atoms with E-state index in [4.69, 9.17) is 5.11 Å². The van der Waals surface area contributed by atoms with Crippen molar-refractivity contribution in [1.82, 2.24) is 10.2 Å². The highest BCUT2D eigenvalue weighted by Crippen LogP contribution is 2.48. The van der Waals surface area contributed by atoms with E-state index in [1.54, 1.807) is 0 Å². The molecule has 5 nitrogen and oxygen atoms in total. The van der Waals surface area contributed by atoms with Gasteiger partial charge >= 0.3 is 12.0 Å². The number of hydrogen-bond acceptors (Lipinski definition) is 2. The van der Waals surface area contributed by atoms with Gasteiger partial charge in [-0.2, -0.15) is 0 Å². The van der Waals surface area contributed by atoms with Gasteiger partial charge in [0.1, 0.15) is 0 Å². The fourth-order valence-electron chi connectivity index (χ4n) is 3.35. The van der Waals surface area contributed by atoms with Crippen LogP contribution >= 0.6 is 0 Å². The number of benzene rings is 1. The highest BCUT2D eigenvalue weighted by atomic mass is 19.2. The second-order valence-corrected chi connectivity index (χ2v) is 6.88. The van der Waals surface area contributed by atoms with Crippen LogP contribution in [-0.2, 0) is 10.2 Å². The van der Waals surface area contributed by atoms with Crippen LogP contribution in [0.2, 0.25) is 0 Å². The second kappa shape index (κ2) is 6.03. The van der Waals surface area contributed by atoms with Crippen molar-refractivity contribution in [2.45, 2.75) is 37.6 Å². The molecule has 1 aromatic rings. The van der Waals surface area contributed by atoms with Gasteiger partial charge in [-0.05, 0) is 37.0 Å². The number of likely N-dealkylation sites (tertiary alicyclic amines) is 1. The normalized spacial score (nSPS) is 29.2. The van der Waals surface area contributed by atoms with Crippen LogP contribution < -0.4 is 5.32 Å². The number of nitrogens with zero attached hydrogens (tertiary/aromatic N) is 1. The second-order valence-electron chi connectivity index (χ2n) is 6.88. The summed E-state index contributed by atoms with van der Waals surface area (Å²) in [6, 6.07) is 3.33. The molecular weight excluding hydrogens is 318 g/mol. The summed E-state index contributed by atoms with van der Waals surface area (Å²) in [6.45, 7) is 2.63. The first-order chi connectivity index (χ1) is 11.3. The third kappa shape index (κ3) is 3.07. The molecule has 130 valence electrons. The number of aliphatic carboxylic acids is 1. The van der Waals surface area contributed by atoms with Crippen LogP contribution in [0.15, 0.2) is 18.2 Å². The number of piperidine rings is 1. The van der Waals surface area contributed by atoms with E-state index in [2.05, 4.69) is 5.32 Å². The zero-order chi connectivity index (χ0) is 17.5. The summed E-state index contributed by atoms with van der Waals surface area (Å²) in [5.41, 5.74) is 0.223. The lowest BCUT2D eigenvalue weighted by Gasteiger charge is -2.31. The van der Waals surface area contributed by atoms with E-state index in [9.17, 15) is 18.4 Å². The zero-order valence-corrected chi connectivity index (χ0v) is 13.4. The van der Waals surface area contributed by atoms with Crippen LogP contribution in [0.3, 0.4) is 0 Å². The number of nitrogens with one attached hydrogen (secondary N) is 1. The van der Waals surface area contributed by atoms with Gasteiger partial charge in [0.2, 0.25) is 0 Å². The largest absolute Gasteiger partial charge is 0.481 e. The van der Waals surface area contributed by atoms with Crippen LogP contribution in [0.25, 0.3) is 0 Å². The number of hydrogen-bond donors (Lipinski definition) is 2. The predicted octanol–water partition coefficient (Wildman–Crippen LogP) is 2.50. The van der Waals surface area contributed by atoms with Gasteiger partial charge in [0.15, 0.2) is 11.6 Å². The number of amides is 2. The highest BCUT2D eigenvalue weighted by molar-refractivity contribution is 5.77. The molecule has 3 atom stereocenters. The standard InChI is InChI=1S/C17H20F2N2O3/c1-17(11-4-5-12(18)13(19)7-11)8-14(17)20-16(24)21-6-2-3-10(9-21)15(22)23/h4-5,7,10,14H,2-3,6,8-9H2,1H3,(H,20,24)(H,22,23). The van der Waals surface area contributed by atoms with E-state index in [-0.39, 0.29) is 18.6 Å². The van der Waals surface area contributed by atoms with Gasteiger partial charge in [0.05, 0.1) is 5.92 Å². The monoisotopic (exact) mass is 338 g/mol. The summed E-state index contributed by atoms with van der Waals surface area (Å²) in [7, 11) is 0. The summed E-state index contributed by atoms with van der Waals surface area (Å²) in [4.78, 5) is 24.9. The van der Waals surface area contributed by atoms with Gasteiger partial charge in [-0.1, -0.05) is 13.0 Å². The Morgan fingerprint density at radius 2 is 2.08 bits per heavy atom. The minimum absolute atomic E-state index is 0.167. The van der Waals surface area contributed by atoms with Crippen molar-refractivity contribution in [2.24, 2.45) is 5.92 Å². The van der Waals surface area contributed by atoms with Crippen LogP contribution in [0, 0.1) is 17.6 Å². The van der Waals surface area contributed by atoms with Crippen molar-refractivity contribution >= 4 is 12.0 Å². The number of urea groups is 1. The van der Waals surface area contributed by atoms with E-state index in [1.165, 1.54) is 17.0 Å². The van der Waals surface area contributed by atoms with Crippen LogP contribution in [0.4, 0.5) is 13.6 Å². The molecular formula is C17H20F2N2O3. The maximum Gasteiger partial charge on any atom is 0.317 e. The van der Waals surface area contributed by atoms with Gasteiger partial charge in [-0.25, -0.2) is 13.6 Å². The van der Waals surface area contributed by atoms with Gasteiger partial charge in [-0.3, -0.25) is 4.79 Å². The van der Waals surface area contributed by atoms with Crippen molar-refractivity contribution in [1.29, 1.82) is 0 Å². The number of carboxylic acid groups (broad SMARTS) is 1. The molecule has 1 saturated heterocycles. The summed E-state index contributed by atoms with van der Waals surface area (Å²) in [6.07, 6.45) is 1.88. The first-order valence-corrected chi connectivity index (χ1v) is 8.05. The average molecular weight is 338 g/mol. The molecule has 0 aromatic heterocycles. The Labute approximate surface area is 138 Å². The van der Waals surface area contributed by atoms with Crippen molar-refractivity contribution < 1.29 is 23.5 Å². The Bertz CT molecular complexity index is 682. The third-order valence-corrected chi connectivity index (χ3v) is 5.17. The number of carbonyl (C=O) groups is 2. The first-order valence-electron chi connectivity index (χ1n) is 8.05. The fraction of sp³-hybridized carbons (Fsp3) is 0.529. The summed E-state index contributed by atoms with van der Waals surface area (Å²) in [5, 5.41) is 12.0. The number of halogens is 2. The van der Waals surface area contributed by atoms with E-state index in [1.807, 2.05) is 6.92 Å². The molecule has 3 rings (SSSR count). The Hall–Kier alpha value is -2.18. The predicted molar refractivity (Wildman–Crippen MR) is 82.6 cm³/mol. The molecule has 0 spiro atoms. The number of carboxylic acids is 1. The van der Waals surface area contributed by atoms with E-state index < -0.39 is 28.9 Å². The quantitative estimate of drug-likeness (QED) is 0.890. The summed E-state index contributed by atoms with van der Waals surface area (Å²) in [5.74, 6) is -3.20. The topological polar surface area (TPSA) is 69.6 Å². The molecule has 1 aromatic carbocycles. The molecule has 0 bridgehead atoms. The molecule has 1 aliphatic carbocycles. The van der Waals surface area contributed by atoms with E-state index in [0.29, 0.717) is 31.4 Å². The molecule has 1 heterocycles. The van der Waals surface area contributed by atoms with Crippen molar-refractivity contribution in [2.75, 3.05) is 13.1 Å². The lowest BCUT2D eigenvalue weighted by Crippen LogP contribution is -2.48. The Morgan fingerprint density at radius 1 is 1.33 bits per heavy atom. The lowest BCUT2D eigenvalue weighted by molar-refractivity contribution is -0.143. The van der Waals surface area contributed by atoms with Crippen molar-refractivity contribution in [3.8, 4) is 0 Å². The van der Waals surface area contributed by atoms with Gasteiger partial charge in [0.25, 0.3) is 0 Å². The molecule has 1 saturated carbocycles. The summed E-state index contributed by atoms with van der Waals surface area (Å²) < 4.78 is 26.5. The molecule has 2 aliphatic rings. The zero-order valence-electron chi connectivity index (χ0n) is 13.4. The maximum absolute atomic E-state index is 13.4. The molecule has 24 heavy (non-hydrogen) atoms. The van der Waals surface area contributed by atoms with E-state index in [0.717, 1.165) is 6.07 Å². The van der Waals surface area contributed by atoms with Crippen molar-refractivity contribution in [3.63, 3.8) is 0 Å². The summed E-state index contributed by atoms with van der Waals surface area (Å²) >= 11 is 0. The van der Waals surface area contributed by atoms with Gasteiger partial charge in [0, 0.05) is 24.5 Å². The minimum Gasteiger partial charge on any atom is -0.481 e. The molecule has 0 radical (unpaired) electrons. The fourth-order valence-corrected chi connectivity index (χ4v) is 3.35. The molecule has 2 fully saturated rings. The van der Waals surface area contributed by atoms with Crippen LogP contribution in [0.5, 0.6) is 0 Å². The number of rotatable bonds is 3. The van der Waals surface area contributed by atoms with Gasteiger partial charge in [-0.15, -0.1) is 0 Å². The lowest BCUT2D eigenvalue weighted by atomic mass is 9.97. The molecule has 2 amide bonds.